The third-order valence-electron chi connectivity index (χ3n) is 3.44. The standard InChI is InChI=1S/C17H18F2N2O3S/c1-3-21(11-12-5-4-6-13(18)9-12)17(22)15-10-14(19)7-8-16(15)20-25(2,23)24/h4-10,20H,3,11H2,1-2H3. The van der Waals surface area contributed by atoms with E-state index in [1.165, 1.54) is 29.2 Å². The molecule has 0 saturated carbocycles. The van der Waals surface area contributed by atoms with Crippen LogP contribution in [0, 0.1) is 11.6 Å². The molecule has 2 aromatic carbocycles. The number of carbonyl (C=O) groups excluding carboxylic acids is 1. The molecule has 0 spiro atoms. The Kier molecular flexibility index (Phi) is 5.73. The summed E-state index contributed by atoms with van der Waals surface area (Å²) in [4.78, 5) is 14.1. The monoisotopic (exact) mass is 368 g/mol. The van der Waals surface area contributed by atoms with Gasteiger partial charge in [0.05, 0.1) is 17.5 Å². The second-order valence-electron chi connectivity index (χ2n) is 5.51. The number of sulfonamides is 1. The average Bonchev–Trinajstić information content (AvgIpc) is 2.52. The van der Waals surface area contributed by atoms with Crippen molar-refractivity contribution in [2.24, 2.45) is 0 Å². The maximum atomic E-state index is 13.6. The topological polar surface area (TPSA) is 66.5 Å². The smallest absolute Gasteiger partial charge is 0.256 e. The number of carbonyl (C=O) groups is 1. The van der Waals surface area contributed by atoms with Gasteiger partial charge >= 0.3 is 0 Å². The van der Waals surface area contributed by atoms with Gasteiger partial charge in [-0.2, -0.15) is 0 Å². The number of nitrogens with one attached hydrogen (secondary N) is 1. The van der Waals surface area contributed by atoms with E-state index >= 15 is 0 Å². The molecule has 0 unspecified atom stereocenters. The number of hydrogen-bond acceptors (Lipinski definition) is 3. The maximum Gasteiger partial charge on any atom is 0.256 e. The molecule has 0 aliphatic carbocycles. The van der Waals surface area contributed by atoms with E-state index in [0.717, 1.165) is 18.4 Å². The van der Waals surface area contributed by atoms with Crippen molar-refractivity contribution in [1.29, 1.82) is 0 Å². The quantitative estimate of drug-likeness (QED) is 0.852. The minimum atomic E-state index is -3.64. The van der Waals surface area contributed by atoms with Crippen molar-refractivity contribution in [1.82, 2.24) is 4.90 Å². The molecule has 1 amide bonds. The molecule has 0 radical (unpaired) electrons. The highest BCUT2D eigenvalue weighted by Gasteiger charge is 2.20. The van der Waals surface area contributed by atoms with E-state index in [2.05, 4.69) is 4.72 Å². The Morgan fingerprint density at radius 1 is 1.12 bits per heavy atom. The molecule has 2 rings (SSSR count). The molecule has 8 heteroatoms. The first kappa shape index (κ1) is 18.9. The highest BCUT2D eigenvalue weighted by atomic mass is 32.2. The zero-order chi connectivity index (χ0) is 18.6. The molecular formula is C17H18F2N2O3S. The van der Waals surface area contributed by atoms with Gasteiger partial charge in [0.2, 0.25) is 10.0 Å². The molecule has 0 saturated heterocycles. The Bertz CT molecular complexity index is 885. The van der Waals surface area contributed by atoms with Crippen LogP contribution in [-0.4, -0.2) is 32.0 Å². The summed E-state index contributed by atoms with van der Waals surface area (Å²) in [5, 5.41) is 0. The first-order valence-electron chi connectivity index (χ1n) is 7.50. The zero-order valence-corrected chi connectivity index (χ0v) is 14.6. The zero-order valence-electron chi connectivity index (χ0n) is 13.8. The van der Waals surface area contributed by atoms with Crippen LogP contribution in [0.3, 0.4) is 0 Å². The number of benzene rings is 2. The number of nitrogens with zero attached hydrogens (tertiary/aromatic N) is 1. The van der Waals surface area contributed by atoms with Gasteiger partial charge in [-0.05, 0) is 42.8 Å². The molecule has 134 valence electrons. The maximum absolute atomic E-state index is 13.6. The lowest BCUT2D eigenvalue weighted by molar-refractivity contribution is 0.0753. The van der Waals surface area contributed by atoms with Crippen LogP contribution in [0.15, 0.2) is 42.5 Å². The predicted molar refractivity (Wildman–Crippen MR) is 91.7 cm³/mol. The van der Waals surface area contributed by atoms with E-state index < -0.39 is 27.6 Å². The molecule has 0 aromatic heterocycles. The third-order valence-corrected chi connectivity index (χ3v) is 4.03. The van der Waals surface area contributed by atoms with Gasteiger partial charge in [-0.1, -0.05) is 12.1 Å². The summed E-state index contributed by atoms with van der Waals surface area (Å²) in [5.74, 6) is -1.65. The van der Waals surface area contributed by atoms with Crippen LogP contribution in [-0.2, 0) is 16.6 Å². The molecule has 5 nitrogen and oxygen atoms in total. The van der Waals surface area contributed by atoms with Crippen molar-refractivity contribution >= 4 is 21.6 Å². The lowest BCUT2D eigenvalue weighted by Crippen LogP contribution is -2.31. The van der Waals surface area contributed by atoms with Crippen LogP contribution < -0.4 is 4.72 Å². The SMILES string of the molecule is CCN(Cc1cccc(F)c1)C(=O)c1cc(F)ccc1NS(C)(=O)=O. The van der Waals surface area contributed by atoms with Gasteiger partial charge in [0.15, 0.2) is 0 Å². The highest BCUT2D eigenvalue weighted by Crippen LogP contribution is 2.21. The first-order valence-corrected chi connectivity index (χ1v) is 9.40. The van der Waals surface area contributed by atoms with E-state index in [9.17, 15) is 22.0 Å². The summed E-state index contributed by atoms with van der Waals surface area (Å²) in [6.07, 6.45) is 0.939. The van der Waals surface area contributed by atoms with Gasteiger partial charge in [0, 0.05) is 13.1 Å². The molecule has 0 bridgehead atoms. The summed E-state index contributed by atoms with van der Waals surface area (Å²) in [5.41, 5.74) is 0.458. The van der Waals surface area contributed by atoms with Gasteiger partial charge in [-0.3, -0.25) is 9.52 Å². The molecule has 0 heterocycles. The summed E-state index contributed by atoms with van der Waals surface area (Å²) < 4.78 is 52.0. The summed E-state index contributed by atoms with van der Waals surface area (Å²) in [6, 6.07) is 9.03. The van der Waals surface area contributed by atoms with Gasteiger partial charge < -0.3 is 4.90 Å². The van der Waals surface area contributed by atoms with Crippen molar-refractivity contribution in [2.75, 3.05) is 17.5 Å². The van der Waals surface area contributed by atoms with E-state index in [1.807, 2.05) is 0 Å². The van der Waals surface area contributed by atoms with Gasteiger partial charge in [-0.25, -0.2) is 17.2 Å². The van der Waals surface area contributed by atoms with E-state index in [0.29, 0.717) is 5.56 Å². The molecular weight excluding hydrogens is 350 g/mol. The minimum absolute atomic E-state index is 0.00778. The van der Waals surface area contributed by atoms with Gasteiger partial charge in [-0.15, -0.1) is 0 Å². The van der Waals surface area contributed by atoms with Gasteiger partial charge in [0.25, 0.3) is 5.91 Å². The molecule has 2 aromatic rings. The Hall–Kier alpha value is -2.48. The number of anilines is 1. The fourth-order valence-electron chi connectivity index (χ4n) is 2.34. The van der Waals surface area contributed by atoms with Crippen molar-refractivity contribution in [2.45, 2.75) is 13.5 Å². The molecule has 0 atom stereocenters. The second-order valence-corrected chi connectivity index (χ2v) is 7.26. The first-order chi connectivity index (χ1) is 11.7. The van der Waals surface area contributed by atoms with Crippen molar-refractivity contribution < 1.29 is 22.0 Å². The third kappa shape index (κ3) is 5.25. The van der Waals surface area contributed by atoms with Crippen molar-refractivity contribution in [3.63, 3.8) is 0 Å². The molecule has 25 heavy (non-hydrogen) atoms. The Morgan fingerprint density at radius 3 is 2.40 bits per heavy atom. The van der Waals surface area contributed by atoms with Crippen LogP contribution in [0.25, 0.3) is 0 Å². The largest absolute Gasteiger partial charge is 0.335 e. The highest BCUT2D eigenvalue weighted by molar-refractivity contribution is 7.92. The molecule has 1 N–H and O–H groups in total. The fraction of sp³-hybridized carbons (Fsp3) is 0.235. The fourth-order valence-corrected chi connectivity index (χ4v) is 2.91. The number of rotatable bonds is 6. The van der Waals surface area contributed by atoms with Crippen LogP contribution in [0.4, 0.5) is 14.5 Å². The van der Waals surface area contributed by atoms with Crippen molar-refractivity contribution in [3.05, 3.63) is 65.2 Å². The van der Waals surface area contributed by atoms with Crippen LogP contribution >= 0.6 is 0 Å². The van der Waals surface area contributed by atoms with E-state index in [1.54, 1.807) is 13.0 Å². The molecule has 0 fully saturated rings. The lowest BCUT2D eigenvalue weighted by Gasteiger charge is -2.22. The summed E-state index contributed by atoms with van der Waals surface area (Å²) in [7, 11) is -3.64. The van der Waals surface area contributed by atoms with Crippen molar-refractivity contribution in [3.8, 4) is 0 Å². The van der Waals surface area contributed by atoms with Crippen LogP contribution in [0.2, 0.25) is 0 Å². The number of halogens is 2. The predicted octanol–water partition coefficient (Wildman–Crippen LogP) is 3.00. The second kappa shape index (κ2) is 7.60. The normalized spacial score (nSPS) is 11.2. The van der Waals surface area contributed by atoms with E-state index in [-0.39, 0.29) is 24.3 Å². The number of amides is 1. The summed E-state index contributed by atoms with van der Waals surface area (Å²) >= 11 is 0. The molecule has 0 aliphatic heterocycles. The van der Waals surface area contributed by atoms with Crippen LogP contribution in [0.1, 0.15) is 22.8 Å². The lowest BCUT2D eigenvalue weighted by atomic mass is 10.1. The Balaban J connectivity index is 2.35. The van der Waals surface area contributed by atoms with Crippen LogP contribution in [0.5, 0.6) is 0 Å². The minimum Gasteiger partial charge on any atom is -0.335 e. The van der Waals surface area contributed by atoms with Gasteiger partial charge in [0.1, 0.15) is 11.6 Å². The summed E-state index contributed by atoms with van der Waals surface area (Å²) in [6.45, 7) is 2.12. The molecule has 0 aliphatic rings. The van der Waals surface area contributed by atoms with E-state index in [4.69, 9.17) is 0 Å². The number of hydrogen-bond donors (Lipinski definition) is 1. The Morgan fingerprint density at radius 2 is 1.80 bits per heavy atom. The average molecular weight is 368 g/mol. The Labute approximate surface area is 145 Å².